The Labute approximate surface area is 110 Å². The lowest BCUT2D eigenvalue weighted by Crippen LogP contribution is -2.20. The monoisotopic (exact) mass is 247 g/mol. The van der Waals surface area contributed by atoms with E-state index in [-0.39, 0.29) is 0 Å². The van der Waals surface area contributed by atoms with Crippen molar-refractivity contribution in [3.63, 3.8) is 0 Å². The van der Waals surface area contributed by atoms with E-state index in [1.165, 1.54) is 30.5 Å². The van der Waals surface area contributed by atoms with E-state index >= 15 is 0 Å². The van der Waals surface area contributed by atoms with Gasteiger partial charge < -0.3 is 9.88 Å². The molecule has 18 heavy (non-hydrogen) atoms. The largest absolute Gasteiger partial charge is 0.328 e. The van der Waals surface area contributed by atoms with Crippen LogP contribution in [0.2, 0.25) is 0 Å². The van der Waals surface area contributed by atoms with Gasteiger partial charge in [-0.05, 0) is 37.8 Å². The maximum Gasteiger partial charge on any atom is 0.0953 e. The molecule has 0 saturated heterocycles. The van der Waals surface area contributed by atoms with E-state index in [1.54, 1.807) is 0 Å². The standard InChI is InChI=1S/C15H25N3/c1-4-7-16-9-13(12(2)3)8-15-10-17-11-18(15)14-5-6-14/h8,10-12,14,16H,4-7,9H2,1-3H3. The molecule has 0 aliphatic heterocycles. The van der Waals surface area contributed by atoms with Crippen LogP contribution in [0.4, 0.5) is 0 Å². The highest BCUT2D eigenvalue weighted by Gasteiger charge is 2.24. The van der Waals surface area contributed by atoms with Gasteiger partial charge in [0.05, 0.1) is 18.2 Å². The molecule has 0 unspecified atom stereocenters. The van der Waals surface area contributed by atoms with Crippen LogP contribution in [0.5, 0.6) is 0 Å². The molecule has 3 nitrogen and oxygen atoms in total. The van der Waals surface area contributed by atoms with Gasteiger partial charge in [-0.1, -0.05) is 26.3 Å². The van der Waals surface area contributed by atoms with E-state index in [4.69, 9.17) is 0 Å². The van der Waals surface area contributed by atoms with Gasteiger partial charge in [-0.3, -0.25) is 0 Å². The molecular weight excluding hydrogens is 222 g/mol. The molecule has 1 saturated carbocycles. The fraction of sp³-hybridized carbons (Fsp3) is 0.667. The van der Waals surface area contributed by atoms with Gasteiger partial charge in [0.1, 0.15) is 0 Å². The van der Waals surface area contributed by atoms with E-state index in [0.29, 0.717) is 12.0 Å². The summed E-state index contributed by atoms with van der Waals surface area (Å²) in [6.45, 7) is 8.80. The first-order valence-corrected chi connectivity index (χ1v) is 7.15. The zero-order valence-electron chi connectivity index (χ0n) is 11.8. The van der Waals surface area contributed by atoms with Crippen molar-refractivity contribution < 1.29 is 0 Å². The van der Waals surface area contributed by atoms with Gasteiger partial charge in [-0.2, -0.15) is 0 Å². The summed E-state index contributed by atoms with van der Waals surface area (Å²) in [6.07, 6.45) is 10.1. The average molecular weight is 247 g/mol. The first-order chi connectivity index (χ1) is 8.72. The number of hydrogen-bond donors (Lipinski definition) is 1. The molecule has 1 aromatic rings. The molecule has 1 heterocycles. The van der Waals surface area contributed by atoms with E-state index in [1.807, 2.05) is 12.5 Å². The smallest absolute Gasteiger partial charge is 0.0953 e. The molecular formula is C15H25N3. The van der Waals surface area contributed by atoms with Crippen LogP contribution in [0.25, 0.3) is 6.08 Å². The number of rotatable bonds is 7. The lowest BCUT2D eigenvalue weighted by atomic mass is 10.0. The Morgan fingerprint density at radius 2 is 2.33 bits per heavy atom. The van der Waals surface area contributed by atoms with Gasteiger partial charge in [0, 0.05) is 12.6 Å². The van der Waals surface area contributed by atoms with Gasteiger partial charge in [0.15, 0.2) is 0 Å². The van der Waals surface area contributed by atoms with Crippen molar-refractivity contribution in [2.45, 2.75) is 46.1 Å². The maximum atomic E-state index is 4.29. The van der Waals surface area contributed by atoms with Crippen LogP contribution in [0.15, 0.2) is 18.1 Å². The number of aromatic nitrogens is 2. The predicted molar refractivity (Wildman–Crippen MR) is 76.5 cm³/mol. The minimum absolute atomic E-state index is 0.580. The summed E-state index contributed by atoms with van der Waals surface area (Å²) < 4.78 is 2.32. The summed E-state index contributed by atoms with van der Waals surface area (Å²) >= 11 is 0. The molecule has 2 rings (SSSR count). The molecule has 1 aromatic heterocycles. The maximum absolute atomic E-state index is 4.29. The fourth-order valence-corrected chi connectivity index (χ4v) is 2.11. The predicted octanol–water partition coefficient (Wildman–Crippen LogP) is 3.26. The highest BCUT2D eigenvalue weighted by Crippen LogP contribution is 2.36. The molecule has 0 spiro atoms. The van der Waals surface area contributed by atoms with Gasteiger partial charge in [-0.15, -0.1) is 0 Å². The Morgan fingerprint density at radius 1 is 1.56 bits per heavy atom. The number of hydrogen-bond acceptors (Lipinski definition) is 2. The molecule has 100 valence electrons. The minimum atomic E-state index is 0.580. The molecule has 1 aliphatic carbocycles. The van der Waals surface area contributed by atoms with Crippen molar-refractivity contribution >= 4 is 6.08 Å². The summed E-state index contributed by atoms with van der Waals surface area (Å²) in [5, 5.41) is 3.50. The van der Waals surface area contributed by atoms with Gasteiger partial charge >= 0.3 is 0 Å². The van der Waals surface area contributed by atoms with Crippen LogP contribution in [-0.4, -0.2) is 22.6 Å². The van der Waals surface area contributed by atoms with Crippen molar-refractivity contribution in [3.05, 3.63) is 23.8 Å². The summed E-state index contributed by atoms with van der Waals surface area (Å²) in [4.78, 5) is 4.29. The third kappa shape index (κ3) is 3.45. The van der Waals surface area contributed by atoms with Gasteiger partial charge in [0.2, 0.25) is 0 Å². The first-order valence-electron chi connectivity index (χ1n) is 7.15. The second-order valence-corrected chi connectivity index (χ2v) is 5.51. The second-order valence-electron chi connectivity index (χ2n) is 5.51. The Balaban J connectivity index is 2.08. The summed E-state index contributed by atoms with van der Waals surface area (Å²) in [6, 6.07) is 0.704. The fourth-order valence-electron chi connectivity index (χ4n) is 2.11. The molecule has 0 atom stereocenters. The summed E-state index contributed by atoms with van der Waals surface area (Å²) in [5.41, 5.74) is 2.73. The summed E-state index contributed by atoms with van der Waals surface area (Å²) in [5.74, 6) is 0.580. The lowest BCUT2D eigenvalue weighted by molar-refractivity contribution is 0.655. The summed E-state index contributed by atoms with van der Waals surface area (Å²) in [7, 11) is 0. The normalized spacial score (nSPS) is 16.6. The van der Waals surface area contributed by atoms with Crippen LogP contribution < -0.4 is 5.32 Å². The van der Waals surface area contributed by atoms with Crippen LogP contribution in [0, 0.1) is 5.92 Å². The Kier molecular flexibility index (Phi) is 4.59. The van der Waals surface area contributed by atoms with E-state index < -0.39 is 0 Å². The minimum Gasteiger partial charge on any atom is -0.328 e. The lowest BCUT2D eigenvalue weighted by Gasteiger charge is -2.13. The van der Waals surface area contributed by atoms with Crippen molar-refractivity contribution in [2.24, 2.45) is 5.92 Å². The van der Waals surface area contributed by atoms with E-state index in [9.17, 15) is 0 Å². The molecule has 1 aliphatic rings. The molecule has 0 radical (unpaired) electrons. The topological polar surface area (TPSA) is 29.9 Å². The Morgan fingerprint density at radius 3 is 2.94 bits per heavy atom. The molecule has 0 aromatic carbocycles. The van der Waals surface area contributed by atoms with Gasteiger partial charge in [-0.25, -0.2) is 4.98 Å². The molecule has 0 bridgehead atoms. The number of imidazole rings is 1. The number of nitrogens with one attached hydrogen (secondary N) is 1. The quantitative estimate of drug-likeness (QED) is 0.750. The Hall–Kier alpha value is -1.09. The third-order valence-corrected chi connectivity index (χ3v) is 3.47. The SMILES string of the molecule is CCCNCC(=Cc1cncn1C1CC1)C(C)C. The average Bonchev–Trinajstić information content (AvgIpc) is 3.08. The van der Waals surface area contributed by atoms with Crippen molar-refractivity contribution in [1.82, 2.24) is 14.9 Å². The van der Waals surface area contributed by atoms with Gasteiger partial charge in [0.25, 0.3) is 0 Å². The first kappa shape index (κ1) is 13.3. The van der Waals surface area contributed by atoms with Crippen LogP contribution in [0.1, 0.15) is 51.8 Å². The second kappa shape index (κ2) is 6.19. The highest BCUT2D eigenvalue weighted by atomic mass is 15.1. The van der Waals surface area contributed by atoms with Crippen LogP contribution >= 0.6 is 0 Å². The van der Waals surface area contributed by atoms with Crippen LogP contribution in [-0.2, 0) is 0 Å². The zero-order chi connectivity index (χ0) is 13.0. The number of nitrogens with zero attached hydrogens (tertiary/aromatic N) is 2. The van der Waals surface area contributed by atoms with Crippen molar-refractivity contribution in [3.8, 4) is 0 Å². The van der Waals surface area contributed by atoms with E-state index in [0.717, 1.165) is 13.1 Å². The highest BCUT2D eigenvalue weighted by molar-refractivity contribution is 5.50. The Bertz CT molecular complexity index is 400. The zero-order valence-corrected chi connectivity index (χ0v) is 11.8. The molecule has 3 heteroatoms. The molecule has 1 fully saturated rings. The van der Waals surface area contributed by atoms with Crippen LogP contribution in [0.3, 0.4) is 0 Å². The molecule has 1 N–H and O–H groups in total. The van der Waals surface area contributed by atoms with Crippen molar-refractivity contribution in [2.75, 3.05) is 13.1 Å². The molecule has 0 amide bonds. The van der Waals surface area contributed by atoms with Crippen molar-refractivity contribution in [1.29, 1.82) is 0 Å². The third-order valence-electron chi connectivity index (χ3n) is 3.47. The van der Waals surface area contributed by atoms with E-state index in [2.05, 4.69) is 41.7 Å².